The molecule has 3 atom stereocenters. The van der Waals surface area contributed by atoms with Gasteiger partial charge in [-0.15, -0.1) is 0 Å². The summed E-state index contributed by atoms with van der Waals surface area (Å²) in [7, 11) is 0. The molecule has 4 heteroatoms. The third-order valence-electron chi connectivity index (χ3n) is 4.74. The van der Waals surface area contributed by atoms with E-state index in [1.807, 2.05) is 0 Å². The smallest absolute Gasteiger partial charge is 0.228 e. The fourth-order valence-electron chi connectivity index (χ4n) is 3.44. The summed E-state index contributed by atoms with van der Waals surface area (Å²) >= 11 is 0. The number of nitrogens with zero attached hydrogens (tertiary/aromatic N) is 1. The largest absolute Gasteiger partial charge is 0.381 e. The van der Waals surface area contributed by atoms with Crippen molar-refractivity contribution >= 4 is 5.91 Å². The number of piperidine rings is 1. The predicted octanol–water partition coefficient (Wildman–Crippen LogP) is 2.04. The molecule has 2 rings (SSSR count). The van der Waals surface area contributed by atoms with Crippen molar-refractivity contribution in [2.75, 3.05) is 32.8 Å². The third-order valence-corrected chi connectivity index (χ3v) is 4.74. The van der Waals surface area contributed by atoms with Gasteiger partial charge in [-0.2, -0.15) is 0 Å². The Morgan fingerprint density at radius 1 is 1.35 bits per heavy atom. The molecular weight excluding hydrogens is 252 g/mol. The first kappa shape index (κ1) is 15.8. The van der Waals surface area contributed by atoms with Crippen LogP contribution in [0.15, 0.2) is 0 Å². The molecule has 2 aliphatic rings. The molecule has 0 aromatic carbocycles. The molecule has 0 bridgehead atoms. The lowest BCUT2D eigenvalue weighted by Gasteiger charge is -2.40. The Morgan fingerprint density at radius 2 is 2.20 bits per heavy atom. The highest BCUT2D eigenvalue weighted by molar-refractivity contribution is 5.79. The Labute approximate surface area is 123 Å². The Balaban J connectivity index is 1.86. The van der Waals surface area contributed by atoms with Gasteiger partial charge in [-0.3, -0.25) is 4.79 Å². The topological polar surface area (TPSA) is 41.6 Å². The van der Waals surface area contributed by atoms with Crippen LogP contribution in [0.5, 0.6) is 0 Å². The number of hydrogen-bond acceptors (Lipinski definition) is 3. The summed E-state index contributed by atoms with van der Waals surface area (Å²) in [5.41, 5.74) is 0. The van der Waals surface area contributed by atoms with Crippen molar-refractivity contribution in [1.29, 1.82) is 0 Å². The number of ether oxygens (including phenoxy) is 1. The molecule has 1 N–H and O–H groups in total. The standard InChI is InChI=1S/C16H30N2O2/c1-3-8-17-15-7-9-18(11-13(15)4-2)16(19)14-6-5-10-20-12-14/h13-15,17H,3-12H2,1-2H3. The van der Waals surface area contributed by atoms with Crippen LogP contribution >= 0.6 is 0 Å². The molecule has 0 aromatic heterocycles. The number of amides is 1. The van der Waals surface area contributed by atoms with Gasteiger partial charge in [0.05, 0.1) is 12.5 Å². The zero-order chi connectivity index (χ0) is 14.4. The summed E-state index contributed by atoms with van der Waals surface area (Å²) in [4.78, 5) is 14.7. The highest BCUT2D eigenvalue weighted by atomic mass is 16.5. The van der Waals surface area contributed by atoms with Crippen LogP contribution in [0.25, 0.3) is 0 Å². The minimum absolute atomic E-state index is 0.112. The van der Waals surface area contributed by atoms with Gasteiger partial charge in [-0.1, -0.05) is 20.3 Å². The third kappa shape index (κ3) is 3.95. The molecule has 2 aliphatic heterocycles. The summed E-state index contributed by atoms with van der Waals surface area (Å²) in [6.07, 6.45) is 5.45. The van der Waals surface area contributed by atoms with E-state index in [1.165, 1.54) is 6.42 Å². The van der Waals surface area contributed by atoms with Crippen molar-refractivity contribution in [3.8, 4) is 0 Å². The van der Waals surface area contributed by atoms with Crippen molar-refractivity contribution in [2.24, 2.45) is 11.8 Å². The highest BCUT2D eigenvalue weighted by Gasteiger charge is 2.33. The van der Waals surface area contributed by atoms with E-state index in [1.54, 1.807) is 0 Å². The molecule has 0 aliphatic carbocycles. The van der Waals surface area contributed by atoms with Gasteiger partial charge in [-0.25, -0.2) is 0 Å². The van der Waals surface area contributed by atoms with Gasteiger partial charge >= 0.3 is 0 Å². The molecule has 0 radical (unpaired) electrons. The van der Waals surface area contributed by atoms with Crippen LogP contribution in [-0.4, -0.2) is 49.7 Å². The van der Waals surface area contributed by atoms with Crippen molar-refractivity contribution in [1.82, 2.24) is 10.2 Å². The first-order valence-corrected chi connectivity index (χ1v) is 8.36. The quantitative estimate of drug-likeness (QED) is 0.839. The molecule has 0 spiro atoms. The zero-order valence-corrected chi connectivity index (χ0v) is 13.1. The molecule has 3 unspecified atom stereocenters. The zero-order valence-electron chi connectivity index (χ0n) is 13.1. The van der Waals surface area contributed by atoms with Gasteiger partial charge in [0.1, 0.15) is 0 Å². The summed E-state index contributed by atoms with van der Waals surface area (Å²) in [6.45, 7) is 8.82. The Bertz CT molecular complexity index is 303. The van der Waals surface area contributed by atoms with E-state index >= 15 is 0 Å². The maximum absolute atomic E-state index is 12.6. The first-order chi connectivity index (χ1) is 9.76. The number of likely N-dealkylation sites (tertiary alicyclic amines) is 1. The molecular formula is C16H30N2O2. The summed E-state index contributed by atoms with van der Waals surface area (Å²) in [5, 5.41) is 3.65. The molecule has 4 nitrogen and oxygen atoms in total. The number of carbonyl (C=O) groups excluding carboxylic acids is 1. The molecule has 116 valence electrons. The van der Waals surface area contributed by atoms with E-state index in [0.29, 0.717) is 24.5 Å². The van der Waals surface area contributed by atoms with Crippen LogP contribution in [0.4, 0.5) is 0 Å². The molecule has 2 saturated heterocycles. The molecule has 0 aromatic rings. The summed E-state index contributed by atoms with van der Waals surface area (Å²) in [6, 6.07) is 0.589. The maximum atomic E-state index is 12.6. The molecule has 1 amide bonds. The van der Waals surface area contributed by atoms with E-state index < -0.39 is 0 Å². The average molecular weight is 282 g/mol. The number of nitrogens with one attached hydrogen (secondary N) is 1. The fraction of sp³-hybridized carbons (Fsp3) is 0.938. The highest BCUT2D eigenvalue weighted by Crippen LogP contribution is 2.24. The van der Waals surface area contributed by atoms with Crippen LogP contribution in [0, 0.1) is 11.8 Å². The lowest BCUT2D eigenvalue weighted by Crippen LogP contribution is -2.52. The fourth-order valence-corrected chi connectivity index (χ4v) is 3.44. The van der Waals surface area contributed by atoms with Crippen molar-refractivity contribution in [2.45, 2.75) is 52.0 Å². The molecule has 20 heavy (non-hydrogen) atoms. The molecule has 0 saturated carbocycles. The van der Waals surface area contributed by atoms with Gasteiger partial charge in [0, 0.05) is 25.7 Å². The summed E-state index contributed by atoms with van der Waals surface area (Å²) < 4.78 is 5.46. The van der Waals surface area contributed by atoms with E-state index in [4.69, 9.17) is 4.74 Å². The second-order valence-electron chi connectivity index (χ2n) is 6.22. The minimum Gasteiger partial charge on any atom is -0.381 e. The maximum Gasteiger partial charge on any atom is 0.228 e. The SMILES string of the molecule is CCCNC1CCN(C(=O)C2CCCOC2)CC1CC. The van der Waals surface area contributed by atoms with Gasteiger partial charge in [0.15, 0.2) is 0 Å². The summed E-state index contributed by atoms with van der Waals surface area (Å²) in [5.74, 6) is 1.04. The Morgan fingerprint density at radius 3 is 2.85 bits per heavy atom. The number of rotatable bonds is 5. The average Bonchev–Trinajstić information content (AvgIpc) is 2.52. The minimum atomic E-state index is 0.112. The van der Waals surface area contributed by atoms with Crippen LogP contribution in [-0.2, 0) is 9.53 Å². The monoisotopic (exact) mass is 282 g/mol. The van der Waals surface area contributed by atoms with Crippen molar-refractivity contribution in [3.63, 3.8) is 0 Å². The van der Waals surface area contributed by atoms with Crippen molar-refractivity contribution in [3.05, 3.63) is 0 Å². The lowest BCUT2D eigenvalue weighted by atomic mass is 9.88. The van der Waals surface area contributed by atoms with Crippen LogP contribution in [0.1, 0.15) is 46.0 Å². The van der Waals surface area contributed by atoms with Gasteiger partial charge in [0.25, 0.3) is 0 Å². The van der Waals surface area contributed by atoms with Crippen LogP contribution in [0.3, 0.4) is 0 Å². The number of hydrogen-bond donors (Lipinski definition) is 1. The number of carbonyl (C=O) groups is 1. The van der Waals surface area contributed by atoms with Crippen molar-refractivity contribution < 1.29 is 9.53 Å². The molecule has 2 heterocycles. The molecule has 2 fully saturated rings. The Hall–Kier alpha value is -0.610. The predicted molar refractivity (Wildman–Crippen MR) is 80.6 cm³/mol. The van der Waals surface area contributed by atoms with E-state index in [0.717, 1.165) is 51.9 Å². The van der Waals surface area contributed by atoms with Crippen LogP contribution < -0.4 is 5.32 Å². The van der Waals surface area contributed by atoms with Gasteiger partial charge in [-0.05, 0) is 38.1 Å². The van der Waals surface area contributed by atoms with Gasteiger partial charge in [0.2, 0.25) is 5.91 Å². The van der Waals surface area contributed by atoms with Gasteiger partial charge < -0.3 is 15.0 Å². The van der Waals surface area contributed by atoms with E-state index in [-0.39, 0.29) is 5.92 Å². The Kier molecular flexibility index (Phi) is 6.30. The normalized spacial score (nSPS) is 31.3. The second-order valence-corrected chi connectivity index (χ2v) is 6.22. The van der Waals surface area contributed by atoms with Crippen LogP contribution in [0.2, 0.25) is 0 Å². The second kappa shape index (κ2) is 7.99. The first-order valence-electron chi connectivity index (χ1n) is 8.36. The van der Waals surface area contributed by atoms with E-state index in [9.17, 15) is 4.79 Å². The van der Waals surface area contributed by atoms with E-state index in [2.05, 4.69) is 24.1 Å². The lowest BCUT2D eigenvalue weighted by molar-refractivity contribution is -0.142.